The summed E-state index contributed by atoms with van der Waals surface area (Å²) in [6.07, 6.45) is 11.8. The van der Waals surface area contributed by atoms with Crippen LogP contribution in [0.3, 0.4) is 0 Å². The van der Waals surface area contributed by atoms with Gasteiger partial charge in [0.2, 0.25) is 0 Å². The molecule has 19 heavy (non-hydrogen) atoms. The maximum Gasteiger partial charge on any atom is 0.0953 e. The number of hydrogen-bond acceptors (Lipinski definition) is 2. The monoisotopic (exact) mass is 256 g/mol. The van der Waals surface area contributed by atoms with Crippen LogP contribution in [0, 0.1) is 17.8 Å². The molecule has 2 unspecified atom stereocenters. The van der Waals surface area contributed by atoms with Crippen molar-refractivity contribution in [1.82, 2.24) is 0 Å². The van der Waals surface area contributed by atoms with Crippen LogP contribution in [0.25, 0.3) is 0 Å². The van der Waals surface area contributed by atoms with E-state index in [1.165, 1.54) is 11.1 Å². The van der Waals surface area contributed by atoms with Gasteiger partial charge in [-0.2, -0.15) is 0 Å². The summed E-state index contributed by atoms with van der Waals surface area (Å²) in [6.45, 7) is 4.33. The molecular weight excluding hydrogens is 236 g/mol. The first kappa shape index (κ1) is 12.7. The number of ether oxygens (including phenoxy) is 2. The molecule has 2 heteroatoms. The summed E-state index contributed by atoms with van der Waals surface area (Å²) >= 11 is 0. The highest BCUT2D eigenvalue weighted by Gasteiger charge is 2.35. The molecule has 3 aliphatic rings. The molecular formula is C17H20O2. The molecule has 3 rings (SSSR count). The molecule has 100 valence electrons. The van der Waals surface area contributed by atoms with Crippen LogP contribution in [0.5, 0.6) is 0 Å². The average Bonchev–Trinajstić information content (AvgIpc) is 2.66. The molecule has 1 saturated heterocycles. The average molecular weight is 256 g/mol. The van der Waals surface area contributed by atoms with Gasteiger partial charge in [0.25, 0.3) is 0 Å². The molecule has 2 aliphatic carbocycles. The van der Waals surface area contributed by atoms with Gasteiger partial charge in [-0.3, -0.25) is 0 Å². The smallest absolute Gasteiger partial charge is 0.0953 e. The third-order valence-corrected chi connectivity index (χ3v) is 4.05. The van der Waals surface area contributed by atoms with Crippen LogP contribution in [0.1, 0.15) is 26.2 Å². The van der Waals surface area contributed by atoms with Gasteiger partial charge in [0.15, 0.2) is 0 Å². The van der Waals surface area contributed by atoms with Crippen LogP contribution in [0.4, 0.5) is 0 Å². The largest absolute Gasteiger partial charge is 0.376 e. The first-order valence-electron chi connectivity index (χ1n) is 7.08. The fourth-order valence-electron chi connectivity index (χ4n) is 2.81. The van der Waals surface area contributed by atoms with Gasteiger partial charge in [-0.15, -0.1) is 0 Å². The summed E-state index contributed by atoms with van der Waals surface area (Å²) in [5, 5.41) is 0. The molecule has 1 spiro atoms. The topological polar surface area (TPSA) is 18.5 Å². The number of hydrogen-bond donors (Lipinski definition) is 0. The minimum atomic E-state index is -0.0598. The highest BCUT2D eigenvalue weighted by atomic mass is 16.6. The van der Waals surface area contributed by atoms with E-state index in [4.69, 9.17) is 9.47 Å². The van der Waals surface area contributed by atoms with Crippen molar-refractivity contribution in [3.05, 3.63) is 35.5 Å². The molecule has 0 bridgehead atoms. The molecule has 0 radical (unpaired) electrons. The SMILES string of the molecule is CC1C#CC=C(C2=CCC3(CC2)COCCO3)C=C1. The molecule has 1 heterocycles. The zero-order valence-electron chi connectivity index (χ0n) is 11.4. The van der Waals surface area contributed by atoms with Crippen LogP contribution in [-0.4, -0.2) is 25.4 Å². The van der Waals surface area contributed by atoms with Gasteiger partial charge in [-0.25, -0.2) is 0 Å². The molecule has 0 aromatic carbocycles. The Morgan fingerprint density at radius 3 is 3.05 bits per heavy atom. The first-order valence-corrected chi connectivity index (χ1v) is 7.08. The van der Waals surface area contributed by atoms with E-state index in [9.17, 15) is 0 Å². The lowest BCUT2D eigenvalue weighted by atomic mass is 9.82. The Labute approximate surface area is 115 Å². The van der Waals surface area contributed by atoms with Gasteiger partial charge in [0, 0.05) is 5.92 Å². The van der Waals surface area contributed by atoms with Gasteiger partial charge >= 0.3 is 0 Å². The van der Waals surface area contributed by atoms with E-state index in [-0.39, 0.29) is 5.60 Å². The molecule has 0 N–H and O–H groups in total. The van der Waals surface area contributed by atoms with Crippen molar-refractivity contribution >= 4 is 0 Å². The summed E-state index contributed by atoms with van der Waals surface area (Å²) < 4.78 is 11.5. The second kappa shape index (κ2) is 5.36. The Morgan fingerprint density at radius 1 is 1.37 bits per heavy atom. The predicted molar refractivity (Wildman–Crippen MR) is 75.6 cm³/mol. The lowest BCUT2D eigenvalue weighted by Crippen LogP contribution is -2.44. The van der Waals surface area contributed by atoms with Gasteiger partial charge in [0.1, 0.15) is 0 Å². The lowest BCUT2D eigenvalue weighted by Gasteiger charge is -2.39. The Bertz CT molecular complexity index is 493. The highest BCUT2D eigenvalue weighted by Crippen LogP contribution is 2.35. The van der Waals surface area contributed by atoms with E-state index in [0.717, 1.165) is 39.1 Å². The van der Waals surface area contributed by atoms with Crippen LogP contribution in [-0.2, 0) is 9.47 Å². The molecule has 0 saturated carbocycles. The summed E-state index contributed by atoms with van der Waals surface area (Å²) in [4.78, 5) is 0. The van der Waals surface area contributed by atoms with Gasteiger partial charge in [-0.05, 0) is 43.4 Å². The molecule has 0 aromatic heterocycles. The van der Waals surface area contributed by atoms with Crippen LogP contribution in [0.2, 0.25) is 0 Å². The van der Waals surface area contributed by atoms with Crippen LogP contribution in [0.15, 0.2) is 35.5 Å². The third kappa shape index (κ3) is 2.83. The van der Waals surface area contributed by atoms with Crippen molar-refractivity contribution < 1.29 is 9.47 Å². The van der Waals surface area contributed by atoms with Gasteiger partial charge in [0.05, 0.1) is 25.4 Å². The van der Waals surface area contributed by atoms with E-state index >= 15 is 0 Å². The molecule has 2 nitrogen and oxygen atoms in total. The highest BCUT2D eigenvalue weighted by molar-refractivity contribution is 5.47. The molecule has 2 atom stereocenters. The summed E-state index contributed by atoms with van der Waals surface area (Å²) in [5.41, 5.74) is 2.61. The second-order valence-corrected chi connectivity index (χ2v) is 5.55. The van der Waals surface area contributed by atoms with Crippen LogP contribution >= 0.6 is 0 Å². The van der Waals surface area contributed by atoms with Crippen molar-refractivity contribution in [2.45, 2.75) is 31.8 Å². The van der Waals surface area contributed by atoms with Crippen molar-refractivity contribution in [1.29, 1.82) is 0 Å². The molecule has 1 aliphatic heterocycles. The lowest BCUT2D eigenvalue weighted by molar-refractivity contribution is -0.160. The summed E-state index contributed by atoms with van der Waals surface area (Å²) in [5.74, 6) is 6.68. The van der Waals surface area contributed by atoms with E-state index in [2.05, 4.69) is 37.0 Å². The second-order valence-electron chi connectivity index (χ2n) is 5.55. The van der Waals surface area contributed by atoms with E-state index in [1.807, 2.05) is 6.08 Å². The van der Waals surface area contributed by atoms with Crippen molar-refractivity contribution in [3.8, 4) is 11.8 Å². The quantitative estimate of drug-likeness (QED) is 0.671. The maximum absolute atomic E-state index is 5.95. The molecule has 1 fully saturated rings. The fraction of sp³-hybridized carbons (Fsp3) is 0.529. The van der Waals surface area contributed by atoms with E-state index in [0.29, 0.717) is 5.92 Å². The standard InChI is InChI=1S/C17H20O2/c1-14-3-2-4-15(6-5-14)16-7-9-17(10-8-16)13-18-11-12-19-17/h4-7,14H,8-13H2,1H3. The maximum atomic E-state index is 5.95. The normalized spacial score (nSPS) is 34.1. The summed E-state index contributed by atoms with van der Waals surface area (Å²) in [6, 6.07) is 0. The fourth-order valence-corrected chi connectivity index (χ4v) is 2.81. The van der Waals surface area contributed by atoms with Crippen molar-refractivity contribution in [3.63, 3.8) is 0 Å². The van der Waals surface area contributed by atoms with Crippen molar-refractivity contribution in [2.75, 3.05) is 19.8 Å². The minimum Gasteiger partial charge on any atom is -0.376 e. The Balaban J connectivity index is 1.73. The number of allylic oxidation sites excluding steroid dienone is 5. The zero-order chi connectivity index (χ0) is 13.1. The van der Waals surface area contributed by atoms with Crippen LogP contribution < -0.4 is 0 Å². The van der Waals surface area contributed by atoms with Gasteiger partial charge < -0.3 is 9.47 Å². The van der Waals surface area contributed by atoms with E-state index < -0.39 is 0 Å². The Kier molecular flexibility index (Phi) is 3.59. The first-order chi connectivity index (χ1) is 9.27. The predicted octanol–water partition coefficient (Wildman–Crippen LogP) is 3.02. The third-order valence-electron chi connectivity index (χ3n) is 4.05. The Hall–Kier alpha value is -1.30. The number of rotatable bonds is 1. The zero-order valence-corrected chi connectivity index (χ0v) is 11.4. The van der Waals surface area contributed by atoms with Gasteiger partial charge in [-0.1, -0.05) is 30.1 Å². The summed E-state index contributed by atoms with van der Waals surface area (Å²) in [7, 11) is 0. The molecule has 0 amide bonds. The minimum absolute atomic E-state index is 0.0598. The van der Waals surface area contributed by atoms with E-state index in [1.54, 1.807) is 0 Å². The molecule has 0 aromatic rings. The Morgan fingerprint density at radius 2 is 2.32 bits per heavy atom. The van der Waals surface area contributed by atoms with Crippen molar-refractivity contribution in [2.24, 2.45) is 5.92 Å².